The molecule has 1 atom stereocenters. The summed E-state index contributed by atoms with van der Waals surface area (Å²) in [7, 11) is 0. The quantitative estimate of drug-likeness (QED) is 0.892. The van der Waals surface area contributed by atoms with Crippen molar-refractivity contribution in [1.29, 1.82) is 0 Å². The Hall–Kier alpha value is -1.46. The summed E-state index contributed by atoms with van der Waals surface area (Å²) >= 11 is 3.51. The topological polar surface area (TPSA) is 61.0 Å². The van der Waals surface area contributed by atoms with Crippen LogP contribution < -0.4 is 5.73 Å². The highest BCUT2D eigenvalue weighted by Crippen LogP contribution is 2.44. The number of benzene rings is 1. The van der Waals surface area contributed by atoms with Crippen LogP contribution in [0.15, 0.2) is 34.8 Å². The highest BCUT2D eigenvalue weighted by atomic mass is 79.9. The van der Waals surface area contributed by atoms with Crippen LogP contribution in [0.5, 0.6) is 0 Å². The summed E-state index contributed by atoms with van der Waals surface area (Å²) < 4.78 is 6.70. The molecule has 1 aromatic heterocycles. The van der Waals surface area contributed by atoms with Crippen molar-refractivity contribution in [3.8, 4) is 0 Å². The summed E-state index contributed by atoms with van der Waals surface area (Å²) in [6, 6.07) is 10.0. The van der Waals surface area contributed by atoms with E-state index in [4.69, 9.17) is 15.5 Å². The minimum atomic E-state index is -0.274. The monoisotopic (exact) mass is 347 g/mol. The number of hydrogen-bond acceptors (Lipinski definition) is 4. The van der Waals surface area contributed by atoms with Crippen molar-refractivity contribution in [3.63, 3.8) is 0 Å². The largest absolute Gasteiger partial charge is 0.383 e. The molecule has 0 spiro atoms. The van der Waals surface area contributed by atoms with Gasteiger partial charge in [0.2, 0.25) is 0 Å². The van der Waals surface area contributed by atoms with Crippen molar-refractivity contribution in [3.05, 3.63) is 51.9 Å². The lowest BCUT2D eigenvalue weighted by Crippen LogP contribution is -2.13. The molecule has 2 N–H and O–H groups in total. The van der Waals surface area contributed by atoms with Crippen LogP contribution in [0.4, 0.5) is 5.82 Å². The van der Waals surface area contributed by atoms with E-state index in [0.29, 0.717) is 24.2 Å². The Labute approximate surface area is 132 Å². The van der Waals surface area contributed by atoms with E-state index in [1.165, 1.54) is 12.8 Å². The van der Waals surface area contributed by atoms with Gasteiger partial charge in [0.1, 0.15) is 11.9 Å². The molecule has 0 radical (unpaired) electrons. The van der Waals surface area contributed by atoms with Crippen LogP contribution in [0, 0.1) is 0 Å². The summed E-state index contributed by atoms with van der Waals surface area (Å²) in [5.74, 6) is 1.63. The first-order valence-corrected chi connectivity index (χ1v) is 7.99. The molecule has 1 aliphatic rings. The van der Waals surface area contributed by atoms with Gasteiger partial charge in [-0.05, 0) is 41.3 Å². The molecular weight excluding hydrogens is 330 g/mol. The lowest BCUT2D eigenvalue weighted by Gasteiger charge is -2.18. The van der Waals surface area contributed by atoms with Crippen LogP contribution in [-0.2, 0) is 4.74 Å². The van der Waals surface area contributed by atoms with Crippen molar-refractivity contribution < 1.29 is 4.74 Å². The maximum Gasteiger partial charge on any atom is 0.164 e. The first-order chi connectivity index (χ1) is 10.2. The third-order valence-corrected chi connectivity index (χ3v) is 4.37. The zero-order valence-electron chi connectivity index (χ0n) is 11.9. The normalized spacial score (nSPS) is 15.9. The van der Waals surface area contributed by atoms with Crippen molar-refractivity contribution in [2.24, 2.45) is 0 Å². The van der Waals surface area contributed by atoms with Crippen LogP contribution in [0.3, 0.4) is 0 Å². The fourth-order valence-electron chi connectivity index (χ4n) is 2.36. The van der Waals surface area contributed by atoms with Gasteiger partial charge in [-0.2, -0.15) is 0 Å². The van der Waals surface area contributed by atoms with Crippen molar-refractivity contribution >= 4 is 21.7 Å². The van der Waals surface area contributed by atoms with Gasteiger partial charge in [-0.3, -0.25) is 0 Å². The Balaban J connectivity index is 2.03. The third-order valence-electron chi connectivity index (χ3n) is 3.55. The van der Waals surface area contributed by atoms with E-state index in [-0.39, 0.29) is 6.10 Å². The lowest BCUT2D eigenvalue weighted by molar-refractivity contribution is 0.0850. The molecule has 3 rings (SSSR count). The summed E-state index contributed by atoms with van der Waals surface area (Å²) in [5.41, 5.74) is 8.10. The zero-order chi connectivity index (χ0) is 14.8. The van der Waals surface area contributed by atoms with E-state index in [2.05, 4.69) is 20.9 Å². The average Bonchev–Trinajstić information content (AvgIpc) is 3.33. The number of anilines is 1. The molecule has 1 aromatic carbocycles. The molecule has 21 heavy (non-hydrogen) atoms. The van der Waals surface area contributed by atoms with Gasteiger partial charge in [0.15, 0.2) is 5.82 Å². The van der Waals surface area contributed by atoms with Gasteiger partial charge in [0.05, 0.1) is 10.2 Å². The molecule has 0 amide bonds. The Morgan fingerprint density at radius 1 is 1.29 bits per heavy atom. The Bertz CT molecular complexity index is 629. The molecule has 2 aromatic rings. The van der Waals surface area contributed by atoms with Crippen LogP contribution >= 0.6 is 15.9 Å². The van der Waals surface area contributed by atoms with E-state index < -0.39 is 0 Å². The second kappa shape index (κ2) is 6.12. The van der Waals surface area contributed by atoms with Crippen LogP contribution in [0.1, 0.15) is 48.9 Å². The number of nitrogens with zero attached hydrogens (tertiary/aromatic N) is 2. The summed E-state index contributed by atoms with van der Waals surface area (Å²) in [6.07, 6.45) is 2.06. The van der Waals surface area contributed by atoms with Crippen molar-refractivity contribution in [2.45, 2.75) is 31.8 Å². The minimum Gasteiger partial charge on any atom is -0.383 e. The zero-order valence-corrected chi connectivity index (χ0v) is 13.5. The minimum absolute atomic E-state index is 0.274. The number of nitrogen functional groups attached to an aromatic ring is 1. The predicted octanol–water partition coefficient (Wildman–Crippen LogP) is 3.82. The fraction of sp³-hybridized carbons (Fsp3) is 0.375. The number of rotatable bonds is 5. The van der Waals surface area contributed by atoms with Crippen LogP contribution in [0.25, 0.3) is 0 Å². The number of hydrogen-bond donors (Lipinski definition) is 1. The lowest BCUT2D eigenvalue weighted by atomic mass is 10.1. The van der Waals surface area contributed by atoms with Gasteiger partial charge in [0, 0.05) is 12.5 Å². The third kappa shape index (κ3) is 3.09. The summed E-state index contributed by atoms with van der Waals surface area (Å²) in [6.45, 7) is 2.57. The maximum absolute atomic E-state index is 6.05. The molecular formula is C16H18BrN3O. The fourth-order valence-corrected chi connectivity index (χ4v) is 2.86. The SMILES string of the molecule is CCOC(c1ccccc1)c1nc(N)c(Br)c(C2CC2)n1. The Morgan fingerprint density at radius 3 is 2.62 bits per heavy atom. The molecule has 0 saturated heterocycles. The van der Waals surface area contributed by atoms with Crippen LogP contribution in [-0.4, -0.2) is 16.6 Å². The average molecular weight is 348 g/mol. The number of aromatic nitrogens is 2. The second-order valence-electron chi connectivity index (χ2n) is 5.19. The van der Waals surface area contributed by atoms with Gasteiger partial charge in [-0.15, -0.1) is 0 Å². The smallest absolute Gasteiger partial charge is 0.164 e. The predicted molar refractivity (Wildman–Crippen MR) is 86.0 cm³/mol. The summed E-state index contributed by atoms with van der Waals surface area (Å²) in [4.78, 5) is 9.16. The standard InChI is InChI=1S/C16H18BrN3O/c1-2-21-14(11-6-4-3-5-7-11)16-19-13(10-8-9-10)12(17)15(18)20-16/h3-7,10,14H,2,8-9H2,1H3,(H2,18,19,20). The van der Waals surface area contributed by atoms with Crippen molar-refractivity contribution in [2.75, 3.05) is 12.3 Å². The van der Waals surface area contributed by atoms with Gasteiger partial charge < -0.3 is 10.5 Å². The molecule has 1 saturated carbocycles. The molecule has 0 aliphatic heterocycles. The van der Waals surface area contributed by atoms with Gasteiger partial charge in [-0.1, -0.05) is 30.3 Å². The number of nitrogens with two attached hydrogens (primary N) is 1. The van der Waals surface area contributed by atoms with E-state index in [9.17, 15) is 0 Å². The highest BCUT2D eigenvalue weighted by molar-refractivity contribution is 9.10. The van der Waals surface area contributed by atoms with E-state index in [0.717, 1.165) is 15.7 Å². The molecule has 0 bridgehead atoms. The first-order valence-electron chi connectivity index (χ1n) is 7.20. The van der Waals surface area contributed by atoms with Gasteiger partial charge in [0.25, 0.3) is 0 Å². The molecule has 110 valence electrons. The number of ether oxygens (including phenoxy) is 1. The Morgan fingerprint density at radius 2 is 2.00 bits per heavy atom. The Kier molecular flexibility index (Phi) is 4.22. The molecule has 5 heteroatoms. The van der Waals surface area contributed by atoms with E-state index in [1.807, 2.05) is 37.3 Å². The highest BCUT2D eigenvalue weighted by Gasteiger charge is 2.30. The molecule has 1 unspecified atom stereocenters. The number of halogens is 1. The molecule has 1 heterocycles. The molecule has 1 aliphatic carbocycles. The molecule has 4 nitrogen and oxygen atoms in total. The van der Waals surface area contributed by atoms with E-state index in [1.54, 1.807) is 0 Å². The van der Waals surface area contributed by atoms with Gasteiger partial charge in [-0.25, -0.2) is 9.97 Å². The summed E-state index contributed by atoms with van der Waals surface area (Å²) in [5, 5.41) is 0. The van der Waals surface area contributed by atoms with Crippen LogP contribution in [0.2, 0.25) is 0 Å². The van der Waals surface area contributed by atoms with Crippen molar-refractivity contribution in [1.82, 2.24) is 9.97 Å². The van der Waals surface area contributed by atoms with E-state index >= 15 is 0 Å². The first kappa shape index (κ1) is 14.5. The second-order valence-corrected chi connectivity index (χ2v) is 5.98. The molecule has 1 fully saturated rings. The maximum atomic E-state index is 6.05. The van der Waals surface area contributed by atoms with Gasteiger partial charge >= 0.3 is 0 Å².